The van der Waals surface area contributed by atoms with E-state index in [2.05, 4.69) is 27.8 Å². The van der Waals surface area contributed by atoms with Crippen molar-refractivity contribution in [3.63, 3.8) is 0 Å². The molecular weight excluding hydrogens is 278 g/mol. The highest BCUT2D eigenvalue weighted by Gasteiger charge is 2.14. The van der Waals surface area contributed by atoms with Crippen LogP contribution in [0.25, 0.3) is 0 Å². The minimum absolute atomic E-state index is 0.313. The van der Waals surface area contributed by atoms with Crippen molar-refractivity contribution >= 4 is 5.96 Å². The predicted octanol–water partition coefficient (Wildman–Crippen LogP) is 1.94. The quantitative estimate of drug-likeness (QED) is 0.438. The molecule has 0 spiro atoms. The van der Waals surface area contributed by atoms with E-state index in [1.165, 1.54) is 12.0 Å². The van der Waals surface area contributed by atoms with Crippen LogP contribution in [0.2, 0.25) is 0 Å². The van der Waals surface area contributed by atoms with Gasteiger partial charge < -0.3 is 20.1 Å². The summed E-state index contributed by atoms with van der Waals surface area (Å²) in [5, 5.41) is 6.60. The molecule has 1 aliphatic heterocycles. The van der Waals surface area contributed by atoms with E-state index in [0.29, 0.717) is 6.10 Å². The maximum Gasteiger partial charge on any atom is 0.191 e. The van der Waals surface area contributed by atoms with E-state index in [-0.39, 0.29) is 0 Å². The Kier molecular flexibility index (Phi) is 7.77. The molecule has 5 nitrogen and oxygen atoms in total. The van der Waals surface area contributed by atoms with Gasteiger partial charge in [-0.2, -0.15) is 0 Å². The standard InChI is InChI=1S/C17H27N3O2/c1-18-17(20-13-15-7-3-2-4-8-15)19-10-6-11-21-14-16-9-5-12-22-16/h2-4,7-8,16H,5-6,9-14H2,1H3,(H2,18,19,20). The van der Waals surface area contributed by atoms with Crippen molar-refractivity contribution in [3.05, 3.63) is 35.9 Å². The van der Waals surface area contributed by atoms with E-state index >= 15 is 0 Å². The summed E-state index contributed by atoms with van der Waals surface area (Å²) < 4.78 is 11.2. The summed E-state index contributed by atoms with van der Waals surface area (Å²) in [5.74, 6) is 0.822. The van der Waals surface area contributed by atoms with Crippen molar-refractivity contribution in [2.75, 3.05) is 33.4 Å². The highest BCUT2D eigenvalue weighted by molar-refractivity contribution is 5.79. The first-order chi connectivity index (χ1) is 10.9. The maximum absolute atomic E-state index is 5.64. The third-order valence-electron chi connectivity index (χ3n) is 3.61. The fourth-order valence-electron chi connectivity index (χ4n) is 2.37. The first-order valence-electron chi connectivity index (χ1n) is 8.06. The van der Waals surface area contributed by atoms with Gasteiger partial charge in [-0.25, -0.2) is 0 Å². The van der Waals surface area contributed by atoms with Gasteiger partial charge in [-0.05, 0) is 24.8 Å². The molecule has 1 saturated heterocycles. The zero-order valence-electron chi connectivity index (χ0n) is 13.4. The first-order valence-corrected chi connectivity index (χ1v) is 8.06. The Balaban J connectivity index is 1.51. The Hall–Kier alpha value is -1.59. The second-order valence-electron chi connectivity index (χ2n) is 5.40. The Morgan fingerprint density at radius 1 is 1.32 bits per heavy atom. The number of benzene rings is 1. The lowest BCUT2D eigenvalue weighted by Gasteiger charge is -2.13. The predicted molar refractivity (Wildman–Crippen MR) is 89.1 cm³/mol. The molecule has 1 aromatic carbocycles. The van der Waals surface area contributed by atoms with Gasteiger partial charge in [0.2, 0.25) is 0 Å². The summed E-state index contributed by atoms with van der Waals surface area (Å²) in [6.45, 7) is 3.98. The molecule has 0 aromatic heterocycles. The van der Waals surface area contributed by atoms with E-state index in [1.807, 2.05) is 18.2 Å². The van der Waals surface area contributed by atoms with Crippen LogP contribution < -0.4 is 10.6 Å². The molecule has 0 aliphatic carbocycles. The lowest BCUT2D eigenvalue weighted by molar-refractivity contribution is 0.0168. The fourth-order valence-corrected chi connectivity index (χ4v) is 2.37. The van der Waals surface area contributed by atoms with Gasteiger partial charge in [-0.15, -0.1) is 0 Å². The normalized spacial score (nSPS) is 18.4. The van der Waals surface area contributed by atoms with Crippen molar-refractivity contribution in [2.24, 2.45) is 4.99 Å². The van der Waals surface area contributed by atoms with Crippen LogP contribution in [0.5, 0.6) is 0 Å². The number of hydrogen-bond acceptors (Lipinski definition) is 3. The third kappa shape index (κ3) is 6.45. The topological polar surface area (TPSA) is 54.9 Å². The Labute approximate surface area is 133 Å². The Morgan fingerprint density at radius 3 is 2.91 bits per heavy atom. The van der Waals surface area contributed by atoms with Crippen LogP contribution in [0.15, 0.2) is 35.3 Å². The fraction of sp³-hybridized carbons (Fsp3) is 0.588. The summed E-state index contributed by atoms with van der Waals surface area (Å²) in [7, 11) is 1.79. The van der Waals surface area contributed by atoms with Gasteiger partial charge in [0, 0.05) is 33.4 Å². The second-order valence-corrected chi connectivity index (χ2v) is 5.40. The highest BCUT2D eigenvalue weighted by Crippen LogP contribution is 2.11. The lowest BCUT2D eigenvalue weighted by atomic mass is 10.2. The van der Waals surface area contributed by atoms with Crippen molar-refractivity contribution in [3.8, 4) is 0 Å². The second kappa shape index (κ2) is 10.2. The van der Waals surface area contributed by atoms with E-state index in [4.69, 9.17) is 9.47 Å². The SMILES string of the molecule is CN=C(NCCCOCC1CCCO1)NCc1ccccc1. The molecule has 22 heavy (non-hydrogen) atoms. The maximum atomic E-state index is 5.64. The summed E-state index contributed by atoms with van der Waals surface area (Å²) in [4.78, 5) is 4.22. The van der Waals surface area contributed by atoms with Crippen LogP contribution in [0.4, 0.5) is 0 Å². The van der Waals surface area contributed by atoms with Crippen molar-refractivity contribution in [1.82, 2.24) is 10.6 Å². The molecule has 1 atom stereocenters. The number of hydrogen-bond donors (Lipinski definition) is 2. The van der Waals surface area contributed by atoms with Gasteiger partial charge in [0.25, 0.3) is 0 Å². The lowest BCUT2D eigenvalue weighted by Crippen LogP contribution is -2.37. The van der Waals surface area contributed by atoms with Crippen molar-refractivity contribution < 1.29 is 9.47 Å². The Bertz CT molecular complexity index is 431. The number of nitrogens with one attached hydrogen (secondary N) is 2. The molecular formula is C17H27N3O2. The highest BCUT2D eigenvalue weighted by atomic mass is 16.5. The average Bonchev–Trinajstić information content (AvgIpc) is 3.08. The summed E-state index contributed by atoms with van der Waals surface area (Å²) in [6.07, 6.45) is 3.57. The van der Waals surface area contributed by atoms with Crippen LogP contribution in [-0.2, 0) is 16.0 Å². The summed E-state index contributed by atoms with van der Waals surface area (Å²) in [5.41, 5.74) is 1.24. The monoisotopic (exact) mass is 305 g/mol. The van der Waals surface area contributed by atoms with E-state index in [1.54, 1.807) is 7.05 Å². The van der Waals surface area contributed by atoms with Crippen LogP contribution >= 0.6 is 0 Å². The molecule has 2 N–H and O–H groups in total. The molecule has 5 heteroatoms. The number of nitrogens with zero attached hydrogens (tertiary/aromatic N) is 1. The number of ether oxygens (including phenoxy) is 2. The molecule has 1 heterocycles. The molecule has 1 aliphatic rings. The van der Waals surface area contributed by atoms with Crippen LogP contribution in [0.1, 0.15) is 24.8 Å². The molecule has 1 fully saturated rings. The molecule has 0 amide bonds. The van der Waals surface area contributed by atoms with Gasteiger partial charge in [0.05, 0.1) is 12.7 Å². The van der Waals surface area contributed by atoms with Gasteiger partial charge in [0.1, 0.15) is 0 Å². The smallest absolute Gasteiger partial charge is 0.191 e. The summed E-state index contributed by atoms with van der Waals surface area (Å²) in [6, 6.07) is 10.3. The van der Waals surface area contributed by atoms with E-state index < -0.39 is 0 Å². The molecule has 0 saturated carbocycles. The van der Waals surface area contributed by atoms with Gasteiger partial charge >= 0.3 is 0 Å². The third-order valence-corrected chi connectivity index (χ3v) is 3.61. The van der Waals surface area contributed by atoms with Crippen LogP contribution in [0.3, 0.4) is 0 Å². The zero-order chi connectivity index (χ0) is 15.5. The van der Waals surface area contributed by atoms with Gasteiger partial charge in [-0.3, -0.25) is 4.99 Å². The van der Waals surface area contributed by atoms with E-state index in [9.17, 15) is 0 Å². The number of rotatable bonds is 8. The van der Waals surface area contributed by atoms with Gasteiger partial charge in [0.15, 0.2) is 5.96 Å². The first kappa shape index (κ1) is 16.8. The number of guanidine groups is 1. The largest absolute Gasteiger partial charge is 0.379 e. The van der Waals surface area contributed by atoms with Crippen LogP contribution in [0, 0.1) is 0 Å². The molecule has 1 aromatic rings. The number of aliphatic imine (C=N–C) groups is 1. The average molecular weight is 305 g/mol. The van der Waals surface area contributed by atoms with E-state index in [0.717, 1.165) is 51.7 Å². The van der Waals surface area contributed by atoms with Crippen molar-refractivity contribution in [1.29, 1.82) is 0 Å². The molecule has 1 unspecified atom stereocenters. The molecule has 122 valence electrons. The van der Waals surface area contributed by atoms with Gasteiger partial charge in [-0.1, -0.05) is 30.3 Å². The van der Waals surface area contributed by atoms with Crippen LogP contribution in [-0.4, -0.2) is 45.5 Å². The minimum Gasteiger partial charge on any atom is -0.379 e. The minimum atomic E-state index is 0.313. The molecule has 0 bridgehead atoms. The van der Waals surface area contributed by atoms with Crippen molar-refractivity contribution in [2.45, 2.75) is 31.9 Å². The Morgan fingerprint density at radius 2 is 2.18 bits per heavy atom. The summed E-state index contributed by atoms with van der Waals surface area (Å²) >= 11 is 0. The zero-order valence-corrected chi connectivity index (χ0v) is 13.4. The molecule has 0 radical (unpaired) electrons. The molecule has 2 rings (SSSR count).